The number of methoxy groups -OCH3 is 1. The Labute approximate surface area is 239 Å². The number of piperidine rings is 2. The number of amides is 1. The summed E-state index contributed by atoms with van der Waals surface area (Å²) in [6, 6.07) is 11.1. The number of carbonyl (C=O) groups excluding carboxylic acids is 2. The molecule has 2 fully saturated rings. The number of esters is 1. The number of aromatic amines is 1. The maximum atomic E-state index is 12.7. The minimum absolute atomic E-state index is 0.0533. The summed E-state index contributed by atoms with van der Waals surface area (Å²) in [5.74, 6) is 0.914. The fourth-order valence-corrected chi connectivity index (χ4v) is 6.20. The van der Waals surface area contributed by atoms with Gasteiger partial charge in [0.05, 0.1) is 22.7 Å². The summed E-state index contributed by atoms with van der Waals surface area (Å²) >= 11 is 12.0. The molecule has 5 rings (SSSR count). The summed E-state index contributed by atoms with van der Waals surface area (Å²) in [7, 11) is 1.42. The van der Waals surface area contributed by atoms with Crippen molar-refractivity contribution in [3.63, 3.8) is 0 Å². The summed E-state index contributed by atoms with van der Waals surface area (Å²) in [5, 5.41) is 2.13. The van der Waals surface area contributed by atoms with Crippen molar-refractivity contribution in [3.8, 4) is 0 Å². The van der Waals surface area contributed by atoms with Gasteiger partial charge in [0.2, 0.25) is 5.91 Å². The van der Waals surface area contributed by atoms with Crippen molar-refractivity contribution < 1.29 is 14.3 Å². The highest BCUT2D eigenvalue weighted by Gasteiger charge is 2.26. The van der Waals surface area contributed by atoms with Gasteiger partial charge in [0, 0.05) is 36.3 Å². The van der Waals surface area contributed by atoms with Crippen LogP contribution in [0.15, 0.2) is 48.7 Å². The Morgan fingerprint density at radius 2 is 1.77 bits per heavy atom. The molecule has 0 aliphatic carbocycles. The quantitative estimate of drug-likeness (QED) is 0.252. The lowest BCUT2D eigenvalue weighted by molar-refractivity contribution is -0.127. The highest BCUT2D eigenvalue weighted by atomic mass is 35.5. The number of ether oxygens (including phenoxy) is 1. The van der Waals surface area contributed by atoms with Crippen LogP contribution in [0, 0.1) is 5.92 Å². The molecule has 2 aliphatic rings. The standard InChI is InChI=1S/C31H35Cl2N3O3/c1-39-31(38)24-4-6-29-25(19-24)26(20-34-29)23-11-14-35(15-12-23)13-8-21-9-16-36(17-10-21)30(37)7-3-22-2-5-27(32)28(33)18-22/h2-7,18-21,23,34H,8-17H2,1H3/b7-3+. The third kappa shape index (κ3) is 6.68. The van der Waals surface area contributed by atoms with Gasteiger partial charge >= 0.3 is 5.97 Å². The molecule has 0 bridgehead atoms. The van der Waals surface area contributed by atoms with E-state index in [9.17, 15) is 9.59 Å². The Bertz CT molecular complexity index is 1350. The van der Waals surface area contributed by atoms with Crippen LogP contribution in [0.2, 0.25) is 10.0 Å². The molecule has 1 N–H and O–H groups in total. The van der Waals surface area contributed by atoms with Gasteiger partial charge in [0.1, 0.15) is 0 Å². The van der Waals surface area contributed by atoms with E-state index in [0.717, 1.165) is 74.9 Å². The molecule has 0 saturated carbocycles. The summed E-state index contributed by atoms with van der Waals surface area (Å²) in [6.07, 6.45) is 11.1. The number of halogens is 2. The maximum Gasteiger partial charge on any atom is 0.337 e. The van der Waals surface area contributed by atoms with Crippen molar-refractivity contribution in [1.82, 2.24) is 14.8 Å². The summed E-state index contributed by atoms with van der Waals surface area (Å²) in [5.41, 5.74) is 3.83. The number of nitrogens with one attached hydrogen (secondary N) is 1. The predicted molar refractivity (Wildman–Crippen MR) is 157 cm³/mol. The molecule has 2 aliphatic heterocycles. The Kier molecular flexibility index (Phi) is 8.96. The number of likely N-dealkylation sites (tertiary alicyclic amines) is 2. The topological polar surface area (TPSA) is 65.6 Å². The monoisotopic (exact) mass is 567 g/mol. The normalized spacial score (nSPS) is 17.8. The van der Waals surface area contributed by atoms with Crippen molar-refractivity contribution in [2.45, 2.75) is 38.0 Å². The molecule has 8 heteroatoms. The fraction of sp³-hybridized carbons (Fsp3) is 0.419. The van der Waals surface area contributed by atoms with Crippen molar-refractivity contribution in [2.75, 3.05) is 39.8 Å². The number of aromatic nitrogens is 1. The SMILES string of the molecule is COC(=O)c1ccc2[nH]cc(C3CCN(CCC4CCN(C(=O)/C=C/c5ccc(Cl)c(Cl)c5)CC4)CC3)c2c1. The Balaban J connectivity index is 1.05. The number of benzene rings is 2. The van der Waals surface area contributed by atoms with Crippen molar-refractivity contribution in [1.29, 1.82) is 0 Å². The molecular formula is C31H35Cl2N3O3. The van der Waals surface area contributed by atoms with Crippen LogP contribution in [0.4, 0.5) is 0 Å². The first-order valence-corrected chi connectivity index (χ1v) is 14.5. The summed E-state index contributed by atoms with van der Waals surface area (Å²) in [4.78, 5) is 32.6. The number of rotatable bonds is 7. The van der Waals surface area contributed by atoms with E-state index in [1.165, 1.54) is 19.1 Å². The molecule has 1 amide bonds. The molecule has 2 saturated heterocycles. The minimum atomic E-state index is -0.297. The van der Waals surface area contributed by atoms with Gasteiger partial charge in [-0.15, -0.1) is 0 Å². The lowest BCUT2D eigenvalue weighted by atomic mass is 9.88. The molecule has 2 aromatic carbocycles. The first-order valence-electron chi connectivity index (χ1n) is 13.7. The van der Waals surface area contributed by atoms with Crippen LogP contribution in [0.5, 0.6) is 0 Å². The fourth-order valence-electron chi connectivity index (χ4n) is 5.89. The van der Waals surface area contributed by atoms with E-state index >= 15 is 0 Å². The van der Waals surface area contributed by atoms with Crippen LogP contribution < -0.4 is 0 Å². The molecule has 6 nitrogen and oxygen atoms in total. The van der Waals surface area contributed by atoms with Crippen molar-refractivity contribution >= 4 is 52.1 Å². The van der Waals surface area contributed by atoms with Crippen LogP contribution in [0.3, 0.4) is 0 Å². The van der Waals surface area contributed by atoms with Crippen LogP contribution in [-0.4, -0.2) is 66.5 Å². The first kappa shape index (κ1) is 27.8. The summed E-state index contributed by atoms with van der Waals surface area (Å²) in [6.45, 7) is 4.91. The molecule has 0 spiro atoms. The average Bonchev–Trinajstić information content (AvgIpc) is 3.40. The van der Waals surface area contributed by atoms with Gasteiger partial charge in [-0.3, -0.25) is 4.79 Å². The maximum absolute atomic E-state index is 12.7. The third-order valence-electron chi connectivity index (χ3n) is 8.30. The van der Waals surface area contributed by atoms with Gasteiger partial charge < -0.3 is 19.5 Å². The van der Waals surface area contributed by atoms with E-state index in [0.29, 0.717) is 27.4 Å². The van der Waals surface area contributed by atoms with Crippen LogP contribution in [-0.2, 0) is 9.53 Å². The zero-order valence-corrected chi connectivity index (χ0v) is 23.8. The Hall–Kier alpha value is -2.80. The number of carbonyl (C=O) groups is 2. The molecule has 3 heterocycles. The second-order valence-corrected chi connectivity index (χ2v) is 11.5. The van der Waals surface area contributed by atoms with Gasteiger partial charge in [-0.05, 0) is 111 Å². The van der Waals surface area contributed by atoms with Gasteiger partial charge in [0.15, 0.2) is 0 Å². The van der Waals surface area contributed by atoms with Crippen molar-refractivity contribution in [3.05, 3.63) is 75.4 Å². The second-order valence-electron chi connectivity index (χ2n) is 10.7. The van der Waals surface area contributed by atoms with Gasteiger partial charge in [-0.2, -0.15) is 0 Å². The highest BCUT2D eigenvalue weighted by molar-refractivity contribution is 6.42. The number of H-pyrrole nitrogens is 1. The average molecular weight is 569 g/mol. The molecule has 39 heavy (non-hydrogen) atoms. The second kappa shape index (κ2) is 12.6. The smallest absolute Gasteiger partial charge is 0.337 e. The number of hydrogen-bond acceptors (Lipinski definition) is 4. The minimum Gasteiger partial charge on any atom is -0.465 e. The molecule has 0 unspecified atom stereocenters. The molecule has 3 aromatic rings. The zero-order valence-electron chi connectivity index (χ0n) is 22.3. The van der Waals surface area contributed by atoms with Gasteiger partial charge in [0.25, 0.3) is 0 Å². The van der Waals surface area contributed by atoms with Crippen LogP contribution >= 0.6 is 23.2 Å². The molecule has 0 atom stereocenters. The number of nitrogens with zero attached hydrogens (tertiary/aromatic N) is 2. The van der Waals surface area contributed by atoms with E-state index < -0.39 is 0 Å². The van der Waals surface area contributed by atoms with Crippen LogP contribution in [0.1, 0.15) is 59.5 Å². The van der Waals surface area contributed by atoms with E-state index in [-0.39, 0.29) is 11.9 Å². The third-order valence-corrected chi connectivity index (χ3v) is 9.04. The number of fused-ring (bicyclic) bond motifs is 1. The number of hydrogen-bond donors (Lipinski definition) is 1. The molecular weight excluding hydrogens is 533 g/mol. The largest absolute Gasteiger partial charge is 0.465 e. The van der Waals surface area contributed by atoms with E-state index in [1.54, 1.807) is 24.3 Å². The Morgan fingerprint density at radius 3 is 2.49 bits per heavy atom. The van der Waals surface area contributed by atoms with E-state index in [1.807, 2.05) is 29.2 Å². The van der Waals surface area contributed by atoms with Crippen molar-refractivity contribution in [2.24, 2.45) is 5.92 Å². The highest BCUT2D eigenvalue weighted by Crippen LogP contribution is 2.34. The summed E-state index contributed by atoms with van der Waals surface area (Å²) < 4.78 is 4.90. The molecule has 206 valence electrons. The lowest BCUT2D eigenvalue weighted by Crippen LogP contribution is -2.39. The molecule has 1 aromatic heterocycles. The lowest BCUT2D eigenvalue weighted by Gasteiger charge is -2.35. The Morgan fingerprint density at radius 1 is 1.00 bits per heavy atom. The van der Waals surface area contributed by atoms with Gasteiger partial charge in [-0.1, -0.05) is 29.3 Å². The van der Waals surface area contributed by atoms with Crippen LogP contribution in [0.25, 0.3) is 17.0 Å². The molecule has 0 radical (unpaired) electrons. The zero-order chi connectivity index (χ0) is 27.4. The van der Waals surface area contributed by atoms with E-state index in [4.69, 9.17) is 27.9 Å². The first-order chi connectivity index (χ1) is 18.9. The van der Waals surface area contributed by atoms with Gasteiger partial charge in [-0.25, -0.2) is 4.79 Å². The van der Waals surface area contributed by atoms with E-state index in [2.05, 4.69) is 16.1 Å². The predicted octanol–water partition coefficient (Wildman–Crippen LogP) is 6.78.